The van der Waals surface area contributed by atoms with Crippen LogP contribution in [0.1, 0.15) is 193 Å². The molecule has 38 heavy (non-hydrogen) atoms. The summed E-state index contributed by atoms with van der Waals surface area (Å²) >= 11 is 0. The van der Waals surface area contributed by atoms with Gasteiger partial charge in [-0.05, 0) is 24.3 Å². The Morgan fingerprint density at radius 1 is 0.421 bits per heavy atom. The van der Waals surface area contributed by atoms with Gasteiger partial charge in [-0.15, -0.1) is 0 Å². The molecule has 0 saturated carbocycles. The van der Waals surface area contributed by atoms with E-state index in [1.165, 1.54) is 179 Å². The van der Waals surface area contributed by atoms with Gasteiger partial charge in [0.25, 0.3) is 0 Å². The van der Waals surface area contributed by atoms with Crippen LogP contribution in [0.2, 0.25) is 0 Å². The maximum atomic E-state index is 2.47. The van der Waals surface area contributed by atoms with Crippen LogP contribution < -0.4 is 0 Å². The molecule has 0 bridgehead atoms. The molecule has 0 heterocycles. The molecule has 1 rings (SSSR count). The zero-order valence-corrected chi connectivity index (χ0v) is 26.2. The topological polar surface area (TPSA) is 0 Å². The number of hydrogen-bond donors (Lipinski definition) is 0. The molecule has 0 aliphatic heterocycles. The predicted molar refractivity (Wildman–Crippen MR) is 175 cm³/mol. The normalized spacial score (nSPS) is 12.5. The summed E-state index contributed by atoms with van der Waals surface area (Å²) < 4.78 is 0. The molecule has 0 aliphatic carbocycles. The Labute approximate surface area is 240 Å². The lowest BCUT2D eigenvalue weighted by Crippen LogP contribution is -1.96. The zero-order chi connectivity index (χ0) is 27.2. The van der Waals surface area contributed by atoms with Gasteiger partial charge in [-0.3, -0.25) is 0 Å². The molecule has 0 saturated heterocycles. The first-order valence-electron chi connectivity index (χ1n) is 17.6. The van der Waals surface area contributed by atoms with E-state index in [9.17, 15) is 0 Å². The van der Waals surface area contributed by atoms with Crippen LogP contribution in [0, 0.1) is 5.92 Å². The third-order valence-corrected chi connectivity index (χ3v) is 8.45. The molecule has 0 radical (unpaired) electrons. The Kier molecular flexibility index (Phi) is 26.7. The average molecular weight is 525 g/mol. The van der Waals surface area contributed by atoms with Crippen molar-refractivity contribution in [3.05, 3.63) is 42.0 Å². The second-order valence-corrected chi connectivity index (χ2v) is 12.2. The molecular weight excluding hydrogens is 456 g/mol. The van der Waals surface area contributed by atoms with Crippen molar-refractivity contribution in [2.24, 2.45) is 5.92 Å². The van der Waals surface area contributed by atoms with Gasteiger partial charge >= 0.3 is 0 Å². The van der Waals surface area contributed by atoms with Gasteiger partial charge in [0.2, 0.25) is 0 Å². The SMILES string of the molecule is CCCCCCCCCCCCCCCCCCCCCCCCCCC(C=Cc1ccccc1)CCC. The van der Waals surface area contributed by atoms with E-state index < -0.39 is 0 Å². The van der Waals surface area contributed by atoms with E-state index in [0.29, 0.717) is 0 Å². The second-order valence-electron chi connectivity index (χ2n) is 12.2. The first kappa shape index (κ1) is 35.0. The third-order valence-electron chi connectivity index (χ3n) is 8.45. The van der Waals surface area contributed by atoms with Gasteiger partial charge in [-0.25, -0.2) is 0 Å². The van der Waals surface area contributed by atoms with Gasteiger partial charge in [-0.2, -0.15) is 0 Å². The third kappa shape index (κ3) is 24.0. The minimum Gasteiger partial charge on any atom is -0.0808 e. The maximum Gasteiger partial charge on any atom is -0.0230 e. The number of hydrogen-bond acceptors (Lipinski definition) is 0. The van der Waals surface area contributed by atoms with E-state index in [2.05, 4.69) is 56.3 Å². The molecule has 0 heteroatoms. The minimum atomic E-state index is 0.764. The Morgan fingerprint density at radius 2 is 0.789 bits per heavy atom. The van der Waals surface area contributed by atoms with Crippen LogP contribution >= 0.6 is 0 Å². The molecule has 0 nitrogen and oxygen atoms in total. The van der Waals surface area contributed by atoms with Crippen molar-refractivity contribution in [1.82, 2.24) is 0 Å². The molecule has 0 aromatic heterocycles. The van der Waals surface area contributed by atoms with E-state index >= 15 is 0 Å². The summed E-state index contributed by atoms with van der Waals surface area (Å²) in [4.78, 5) is 0. The highest BCUT2D eigenvalue weighted by Gasteiger charge is 2.04. The number of benzene rings is 1. The molecule has 220 valence electrons. The lowest BCUT2D eigenvalue weighted by Gasteiger charge is -2.11. The quantitative estimate of drug-likeness (QED) is 0.0914. The van der Waals surface area contributed by atoms with Crippen molar-refractivity contribution in [2.45, 2.75) is 187 Å². The number of unbranched alkanes of at least 4 members (excludes halogenated alkanes) is 23. The summed E-state index contributed by atoms with van der Waals surface area (Å²) in [5.41, 5.74) is 1.34. The average Bonchev–Trinajstić information content (AvgIpc) is 2.94. The summed E-state index contributed by atoms with van der Waals surface area (Å²) in [6, 6.07) is 10.8. The van der Waals surface area contributed by atoms with Gasteiger partial charge in [0.1, 0.15) is 0 Å². The molecule has 0 aliphatic rings. The van der Waals surface area contributed by atoms with Crippen molar-refractivity contribution < 1.29 is 0 Å². The molecule has 1 aromatic carbocycles. The molecule has 1 aromatic rings. The van der Waals surface area contributed by atoms with Crippen molar-refractivity contribution in [3.8, 4) is 0 Å². The van der Waals surface area contributed by atoms with Crippen LogP contribution in [-0.4, -0.2) is 0 Å². The van der Waals surface area contributed by atoms with Crippen LogP contribution in [-0.2, 0) is 0 Å². The number of allylic oxidation sites excluding steroid dienone is 1. The molecular formula is C38H68. The minimum absolute atomic E-state index is 0.764. The predicted octanol–water partition coefficient (Wildman–Crippen LogP) is 13.9. The number of rotatable bonds is 29. The summed E-state index contributed by atoms with van der Waals surface area (Å²) in [5.74, 6) is 0.764. The Hall–Kier alpha value is -1.04. The van der Waals surface area contributed by atoms with E-state index in [1.54, 1.807) is 0 Å². The molecule has 1 unspecified atom stereocenters. The van der Waals surface area contributed by atoms with Crippen molar-refractivity contribution in [1.29, 1.82) is 0 Å². The Morgan fingerprint density at radius 3 is 1.16 bits per heavy atom. The molecule has 0 spiro atoms. The van der Waals surface area contributed by atoms with Crippen LogP contribution in [0.4, 0.5) is 0 Å². The lowest BCUT2D eigenvalue weighted by atomic mass is 9.94. The highest BCUT2D eigenvalue weighted by molar-refractivity contribution is 5.48. The van der Waals surface area contributed by atoms with E-state index in [1.807, 2.05) is 0 Å². The van der Waals surface area contributed by atoms with Crippen molar-refractivity contribution in [2.75, 3.05) is 0 Å². The summed E-state index contributed by atoms with van der Waals surface area (Å²) in [7, 11) is 0. The van der Waals surface area contributed by atoms with Crippen LogP contribution in [0.5, 0.6) is 0 Å². The van der Waals surface area contributed by atoms with Gasteiger partial charge < -0.3 is 0 Å². The Balaban J connectivity index is 1.77. The lowest BCUT2D eigenvalue weighted by molar-refractivity contribution is 0.484. The van der Waals surface area contributed by atoms with E-state index in [-0.39, 0.29) is 0 Å². The maximum absolute atomic E-state index is 2.47. The fourth-order valence-electron chi connectivity index (χ4n) is 5.89. The van der Waals surface area contributed by atoms with Gasteiger partial charge in [0.15, 0.2) is 0 Å². The monoisotopic (exact) mass is 525 g/mol. The fourth-order valence-corrected chi connectivity index (χ4v) is 5.89. The molecule has 0 amide bonds. The van der Waals surface area contributed by atoms with E-state index in [0.717, 1.165) is 5.92 Å². The molecule has 1 atom stereocenters. The first-order valence-corrected chi connectivity index (χ1v) is 17.6. The highest BCUT2D eigenvalue weighted by atomic mass is 14.1. The largest absolute Gasteiger partial charge is 0.0808 e. The summed E-state index contributed by atoms with van der Waals surface area (Å²) in [6.07, 6.45) is 44.0. The van der Waals surface area contributed by atoms with Gasteiger partial charge in [0, 0.05) is 0 Å². The van der Waals surface area contributed by atoms with Gasteiger partial charge in [0.05, 0.1) is 0 Å². The zero-order valence-electron chi connectivity index (χ0n) is 26.2. The molecule has 0 N–H and O–H groups in total. The van der Waals surface area contributed by atoms with Crippen LogP contribution in [0.15, 0.2) is 36.4 Å². The Bertz CT molecular complexity index is 585. The standard InChI is InChI=1S/C38H68/c1-3-5-6-7-8-9-10-11-12-13-14-15-16-17-18-19-20-21-22-23-24-25-26-28-32-37(31-4-2)35-36-38-33-29-27-30-34-38/h27,29-30,33-37H,3-26,28,31-32H2,1-2H3. The summed E-state index contributed by atoms with van der Waals surface area (Å²) in [5, 5.41) is 0. The first-order chi connectivity index (χ1) is 18.9. The highest BCUT2D eigenvalue weighted by Crippen LogP contribution is 2.20. The smallest absolute Gasteiger partial charge is 0.0230 e. The van der Waals surface area contributed by atoms with Crippen molar-refractivity contribution >= 4 is 6.08 Å². The van der Waals surface area contributed by atoms with E-state index in [4.69, 9.17) is 0 Å². The molecule has 0 fully saturated rings. The van der Waals surface area contributed by atoms with Gasteiger partial charge in [-0.1, -0.05) is 217 Å². The second kappa shape index (κ2) is 29.0. The van der Waals surface area contributed by atoms with Crippen LogP contribution in [0.3, 0.4) is 0 Å². The summed E-state index contributed by atoms with van der Waals surface area (Å²) in [6.45, 7) is 4.63. The van der Waals surface area contributed by atoms with Crippen LogP contribution in [0.25, 0.3) is 6.08 Å². The fraction of sp³-hybridized carbons (Fsp3) is 0.789. The van der Waals surface area contributed by atoms with Crippen molar-refractivity contribution in [3.63, 3.8) is 0 Å².